The van der Waals surface area contributed by atoms with Crippen LogP contribution in [0.1, 0.15) is 17.0 Å². The highest BCUT2D eigenvalue weighted by Crippen LogP contribution is 2.20. The van der Waals surface area contributed by atoms with E-state index in [2.05, 4.69) is 22.1 Å². The highest BCUT2D eigenvalue weighted by Gasteiger charge is 2.26. The molecule has 0 bridgehead atoms. The summed E-state index contributed by atoms with van der Waals surface area (Å²) >= 11 is 1.38. The van der Waals surface area contributed by atoms with Gasteiger partial charge < -0.3 is 9.88 Å². The number of nitrogens with one attached hydrogen (secondary N) is 1. The number of aromatic nitrogens is 2. The van der Waals surface area contributed by atoms with Crippen molar-refractivity contribution in [3.05, 3.63) is 47.3 Å². The van der Waals surface area contributed by atoms with Crippen molar-refractivity contribution in [2.45, 2.75) is 18.5 Å². The zero-order valence-electron chi connectivity index (χ0n) is 15.5. The minimum Gasteiger partial charge on any atom is -0.339 e. The van der Waals surface area contributed by atoms with E-state index in [4.69, 9.17) is 0 Å². The van der Waals surface area contributed by atoms with Crippen molar-refractivity contribution in [1.29, 1.82) is 0 Å². The number of hydrogen-bond donors (Lipinski definition) is 1. The fourth-order valence-corrected chi connectivity index (χ4v) is 4.66. The molecule has 1 aromatic carbocycles. The van der Waals surface area contributed by atoms with E-state index in [0.29, 0.717) is 26.2 Å². The van der Waals surface area contributed by atoms with Crippen LogP contribution in [0.15, 0.2) is 35.5 Å². The highest BCUT2D eigenvalue weighted by molar-refractivity contribution is 7.99. The maximum absolute atomic E-state index is 12.4. The summed E-state index contributed by atoms with van der Waals surface area (Å²) in [5.74, 6) is 0.295. The normalized spacial score (nSPS) is 15.9. The molecule has 0 atom stereocenters. The molecule has 0 saturated carbocycles. The van der Waals surface area contributed by atoms with Gasteiger partial charge in [-0.2, -0.15) is 4.31 Å². The molecule has 0 aliphatic carbocycles. The molecule has 1 aliphatic rings. The lowest BCUT2D eigenvalue weighted by Crippen LogP contribution is -2.50. The molecule has 2 heterocycles. The van der Waals surface area contributed by atoms with Crippen LogP contribution in [-0.4, -0.2) is 71.7 Å². The molecule has 1 aromatic heterocycles. The van der Waals surface area contributed by atoms with Gasteiger partial charge in [0.2, 0.25) is 15.9 Å². The summed E-state index contributed by atoms with van der Waals surface area (Å²) in [6.45, 7) is 3.57. The summed E-state index contributed by atoms with van der Waals surface area (Å²) < 4.78 is 24.5. The number of carbonyl (C=O) groups excluding carboxylic acids is 1. The Morgan fingerprint density at radius 3 is 2.48 bits per heavy atom. The van der Waals surface area contributed by atoms with Crippen molar-refractivity contribution in [2.24, 2.45) is 0 Å². The second kappa shape index (κ2) is 8.45. The number of amides is 1. The molecule has 3 rings (SSSR count). The van der Waals surface area contributed by atoms with Gasteiger partial charge in [-0.05, 0) is 12.5 Å². The van der Waals surface area contributed by atoms with Gasteiger partial charge in [-0.25, -0.2) is 13.4 Å². The van der Waals surface area contributed by atoms with Crippen LogP contribution in [0.2, 0.25) is 0 Å². The van der Waals surface area contributed by atoms with Crippen LogP contribution in [0, 0.1) is 6.92 Å². The third-order valence-electron chi connectivity index (χ3n) is 4.57. The second-order valence-electron chi connectivity index (χ2n) is 6.61. The minimum absolute atomic E-state index is 0.00631. The van der Waals surface area contributed by atoms with Gasteiger partial charge in [-0.1, -0.05) is 42.1 Å². The maximum atomic E-state index is 12.4. The van der Waals surface area contributed by atoms with E-state index in [-0.39, 0.29) is 11.7 Å². The van der Waals surface area contributed by atoms with Crippen LogP contribution in [0.4, 0.5) is 0 Å². The first-order valence-corrected chi connectivity index (χ1v) is 11.6. The summed E-state index contributed by atoms with van der Waals surface area (Å²) in [5, 5.41) is 0.738. The number of piperazine rings is 1. The van der Waals surface area contributed by atoms with E-state index in [1.165, 1.54) is 27.9 Å². The number of H-pyrrole nitrogens is 1. The Morgan fingerprint density at radius 2 is 1.85 bits per heavy atom. The Balaban J connectivity index is 1.52. The molecular weight excluding hydrogens is 384 g/mol. The van der Waals surface area contributed by atoms with Crippen molar-refractivity contribution in [3.8, 4) is 0 Å². The van der Waals surface area contributed by atoms with Crippen LogP contribution < -0.4 is 0 Å². The van der Waals surface area contributed by atoms with Gasteiger partial charge in [-0.3, -0.25) is 4.79 Å². The average molecular weight is 409 g/mol. The van der Waals surface area contributed by atoms with Gasteiger partial charge in [0.05, 0.1) is 17.7 Å². The summed E-state index contributed by atoms with van der Waals surface area (Å²) in [4.78, 5) is 22.0. The number of imidazole rings is 1. The van der Waals surface area contributed by atoms with Crippen molar-refractivity contribution in [3.63, 3.8) is 0 Å². The highest BCUT2D eigenvalue weighted by atomic mass is 32.2. The number of thioether (sulfide) groups is 1. The lowest BCUT2D eigenvalue weighted by Gasteiger charge is -2.33. The Kier molecular flexibility index (Phi) is 6.23. The zero-order chi connectivity index (χ0) is 19.4. The van der Waals surface area contributed by atoms with Crippen LogP contribution in [0.25, 0.3) is 0 Å². The molecule has 1 fully saturated rings. The minimum atomic E-state index is -3.18. The SMILES string of the molecule is Cc1[nH]c(SCC(=O)N2CCN(S(C)(=O)=O)CC2)nc1Cc1ccccc1. The van der Waals surface area contributed by atoms with Gasteiger partial charge in [0.1, 0.15) is 0 Å². The first kappa shape index (κ1) is 19.9. The predicted octanol–water partition coefficient (Wildman–Crippen LogP) is 1.50. The smallest absolute Gasteiger partial charge is 0.233 e. The molecule has 1 N–H and O–H groups in total. The molecule has 27 heavy (non-hydrogen) atoms. The Bertz CT molecular complexity index is 889. The van der Waals surface area contributed by atoms with E-state index in [0.717, 1.165) is 23.0 Å². The molecule has 7 nitrogen and oxygen atoms in total. The van der Waals surface area contributed by atoms with Crippen molar-refractivity contribution >= 4 is 27.7 Å². The fourth-order valence-electron chi connectivity index (χ4n) is 2.99. The van der Waals surface area contributed by atoms with Crippen LogP contribution in [-0.2, 0) is 21.2 Å². The van der Waals surface area contributed by atoms with E-state index >= 15 is 0 Å². The number of aryl methyl sites for hydroxylation is 1. The molecular formula is C18H24N4O3S2. The summed E-state index contributed by atoms with van der Waals surface area (Å²) in [7, 11) is -3.18. The zero-order valence-corrected chi connectivity index (χ0v) is 17.1. The first-order chi connectivity index (χ1) is 12.8. The number of benzene rings is 1. The fraction of sp³-hybridized carbons (Fsp3) is 0.444. The molecule has 9 heteroatoms. The van der Waals surface area contributed by atoms with Gasteiger partial charge in [0, 0.05) is 38.3 Å². The number of aromatic amines is 1. The molecule has 0 radical (unpaired) electrons. The van der Waals surface area contributed by atoms with Crippen molar-refractivity contribution in [1.82, 2.24) is 19.2 Å². The number of hydrogen-bond acceptors (Lipinski definition) is 5. The van der Waals surface area contributed by atoms with Gasteiger partial charge >= 0.3 is 0 Å². The monoisotopic (exact) mass is 408 g/mol. The Labute approximate surface area is 164 Å². The lowest BCUT2D eigenvalue weighted by atomic mass is 10.1. The van der Waals surface area contributed by atoms with E-state index in [1.807, 2.05) is 25.1 Å². The molecule has 146 valence electrons. The third-order valence-corrected chi connectivity index (χ3v) is 6.73. The standard InChI is InChI=1S/C18H24N4O3S2/c1-14-16(12-15-6-4-3-5-7-15)20-18(19-14)26-13-17(23)21-8-10-22(11-9-21)27(2,24)25/h3-7H,8-13H2,1-2H3,(H,19,20). The predicted molar refractivity (Wildman–Crippen MR) is 106 cm³/mol. The maximum Gasteiger partial charge on any atom is 0.233 e. The molecule has 1 aliphatic heterocycles. The molecule has 1 saturated heterocycles. The Hall–Kier alpha value is -1.84. The third kappa shape index (κ3) is 5.33. The number of carbonyl (C=O) groups is 1. The van der Waals surface area contributed by atoms with Crippen LogP contribution >= 0.6 is 11.8 Å². The van der Waals surface area contributed by atoms with Gasteiger partial charge in [0.15, 0.2) is 5.16 Å². The first-order valence-electron chi connectivity index (χ1n) is 8.78. The summed E-state index contributed by atoms with van der Waals surface area (Å²) in [6, 6.07) is 10.1. The van der Waals surface area contributed by atoms with E-state index in [9.17, 15) is 13.2 Å². The number of rotatable bonds is 6. The summed E-state index contributed by atoms with van der Waals surface area (Å²) in [6.07, 6.45) is 1.96. The van der Waals surface area contributed by atoms with Gasteiger partial charge in [0.25, 0.3) is 0 Å². The Morgan fingerprint density at radius 1 is 1.19 bits per heavy atom. The van der Waals surface area contributed by atoms with E-state index in [1.54, 1.807) is 4.90 Å². The number of nitrogens with zero attached hydrogens (tertiary/aromatic N) is 3. The molecule has 0 spiro atoms. The van der Waals surface area contributed by atoms with Crippen LogP contribution in [0.3, 0.4) is 0 Å². The molecule has 1 amide bonds. The van der Waals surface area contributed by atoms with Crippen LogP contribution in [0.5, 0.6) is 0 Å². The molecule has 2 aromatic rings. The quantitative estimate of drug-likeness (QED) is 0.732. The van der Waals surface area contributed by atoms with E-state index < -0.39 is 10.0 Å². The lowest BCUT2D eigenvalue weighted by molar-refractivity contribution is -0.129. The van der Waals surface area contributed by atoms with Crippen molar-refractivity contribution in [2.75, 3.05) is 38.2 Å². The number of sulfonamides is 1. The van der Waals surface area contributed by atoms with Gasteiger partial charge in [-0.15, -0.1) is 0 Å². The summed E-state index contributed by atoms with van der Waals surface area (Å²) in [5.41, 5.74) is 3.19. The van der Waals surface area contributed by atoms with Crippen molar-refractivity contribution < 1.29 is 13.2 Å². The topological polar surface area (TPSA) is 86.4 Å². The average Bonchev–Trinajstić information content (AvgIpc) is 2.99. The second-order valence-corrected chi connectivity index (χ2v) is 9.55. The largest absolute Gasteiger partial charge is 0.339 e. The molecule has 0 unspecified atom stereocenters.